The quantitative estimate of drug-likeness (QED) is 0.158. The van der Waals surface area contributed by atoms with Crippen molar-refractivity contribution in [2.24, 2.45) is 0 Å². The highest BCUT2D eigenvalue weighted by atomic mass is 14.2. The fraction of sp³-hybridized carbons (Fsp3) is 0. The van der Waals surface area contributed by atoms with E-state index in [2.05, 4.69) is 218 Å². The number of fused-ring (bicyclic) bond motifs is 9. The third-order valence-electron chi connectivity index (χ3n) is 12.4. The van der Waals surface area contributed by atoms with Crippen LogP contribution in [0.4, 0.5) is 0 Å². The molecule has 0 saturated heterocycles. The minimum atomic E-state index is 1.21. The molecule has 0 radical (unpaired) electrons. The Balaban J connectivity index is 1.07. The van der Waals surface area contributed by atoms with Crippen molar-refractivity contribution in [3.8, 4) is 44.5 Å². The highest BCUT2D eigenvalue weighted by Gasteiger charge is 2.16. The van der Waals surface area contributed by atoms with Crippen LogP contribution in [0.5, 0.6) is 0 Å². The van der Waals surface area contributed by atoms with Crippen molar-refractivity contribution in [2.75, 3.05) is 0 Å². The molecule has 12 rings (SSSR count). The van der Waals surface area contributed by atoms with E-state index in [9.17, 15) is 0 Å². The molecule has 0 nitrogen and oxygen atoms in total. The molecule has 0 aromatic heterocycles. The van der Waals surface area contributed by atoms with Crippen LogP contribution in [-0.4, -0.2) is 0 Å². The van der Waals surface area contributed by atoms with Gasteiger partial charge in [0.25, 0.3) is 0 Å². The Morgan fingerprint density at radius 2 is 0.448 bits per heavy atom. The van der Waals surface area contributed by atoms with E-state index < -0.39 is 0 Å². The van der Waals surface area contributed by atoms with Gasteiger partial charge in [-0.15, -0.1) is 0 Å². The SMILES string of the molecule is c1ccc2cc(-c3ccc4cc(-c5ccc6c(-c7ccc8ccccc8c7)cc7c8ccccc8c(-c8ccc9ccccc9c8)cc7c6c5)ccc4c3)ccc2c1. The first-order valence-corrected chi connectivity index (χ1v) is 20.1. The van der Waals surface area contributed by atoms with Gasteiger partial charge in [0, 0.05) is 0 Å². The van der Waals surface area contributed by atoms with Gasteiger partial charge in [-0.3, -0.25) is 0 Å². The first kappa shape index (κ1) is 32.7. The summed E-state index contributed by atoms with van der Waals surface area (Å²) in [5.41, 5.74) is 9.88. The third kappa shape index (κ3) is 5.38. The summed E-state index contributed by atoms with van der Waals surface area (Å²) in [4.78, 5) is 0. The molecular formula is C58H36. The molecule has 0 aliphatic rings. The van der Waals surface area contributed by atoms with Gasteiger partial charge in [0.2, 0.25) is 0 Å². The van der Waals surface area contributed by atoms with Crippen molar-refractivity contribution < 1.29 is 0 Å². The molecule has 0 unspecified atom stereocenters. The van der Waals surface area contributed by atoms with Crippen LogP contribution in [0.2, 0.25) is 0 Å². The first-order chi connectivity index (χ1) is 28.7. The van der Waals surface area contributed by atoms with Crippen LogP contribution in [0.25, 0.3) is 120 Å². The van der Waals surface area contributed by atoms with E-state index in [1.165, 1.54) is 120 Å². The van der Waals surface area contributed by atoms with Crippen LogP contribution in [-0.2, 0) is 0 Å². The standard InChI is InChI=1S/C58H36/c1-4-12-40-29-43(20-17-37(40)9-1)44-21-22-46-31-47(24-23-45(46)30-44)48-27-28-53-55(50-26-19-39-11-3-6-14-42(39)33-50)35-57-52-16-8-7-15-51(52)54(36-58(57)56(53)34-48)49-25-18-38-10-2-5-13-41(38)32-49/h1-36H. The molecule has 0 aliphatic heterocycles. The Bertz CT molecular complexity index is 3620. The van der Waals surface area contributed by atoms with E-state index in [1.807, 2.05) is 0 Å². The summed E-state index contributed by atoms with van der Waals surface area (Å²) >= 11 is 0. The second-order valence-corrected chi connectivity index (χ2v) is 15.7. The molecule has 0 heterocycles. The molecular weight excluding hydrogens is 697 g/mol. The van der Waals surface area contributed by atoms with Crippen LogP contribution in [0.3, 0.4) is 0 Å². The molecule has 0 fully saturated rings. The van der Waals surface area contributed by atoms with Crippen LogP contribution >= 0.6 is 0 Å². The smallest absolute Gasteiger partial charge is 0.00921 e. The maximum absolute atomic E-state index is 2.45. The van der Waals surface area contributed by atoms with Gasteiger partial charge in [0.05, 0.1) is 0 Å². The fourth-order valence-electron chi connectivity index (χ4n) is 9.34. The Morgan fingerprint density at radius 3 is 0.948 bits per heavy atom. The monoisotopic (exact) mass is 732 g/mol. The zero-order valence-electron chi connectivity index (χ0n) is 31.8. The lowest BCUT2D eigenvalue weighted by atomic mass is 9.86. The summed E-state index contributed by atoms with van der Waals surface area (Å²) in [6.07, 6.45) is 0. The minimum absolute atomic E-state index is 1.21. The molecule has 0 N–H and O–H groups in total. The highest BCUT2D eigenvalue weighted by Crippen LogP contribution is 2.44. The number of hydrogen-bond donors (Lipinski definition) is 0. The summed E-state index contributed by atoms with van der Waals surface area (Å²) in [6.45, 7) is 0. The van der Waals surface area contributed by atoms with Crippen LogP contribution in [0.1, 0.15) is 0 Å². The minimum Gasteiger partial charge on any atom is -0.0616 e. The summed E-state index contributed by atoms with van der Waals surface area (Å²) in [6, 6.07) is 81.2. The highest BCUT2D eigenvalue weighted by molar-refractivity contribution is 6.24. The first-order valence-electron chi connectivity index (χ1n) is 20.1. The lowest BCUT2D eigenvalue weighted by Gasteiger charge is -2.17. The van der Waals surface area contributed by atoms with Gasteiger partial charge in [-0.25, -0.2) is 0 Å². The van der Waals surface area contributed by atoms with E-state index in [0.29, 0.717) is 0 Å². The Hall–Kier alpha value is -7.54. The van der Waals surface area contributed by atoms with Crippen LogP contribution in [0, 0.1) is 0 Å². The van der Waals surface area contributed by atoms with Crippen molar-refractivity contribution in [1.29, 1.82) is 0 Å². The van der Waals surface area contributed by atoms with Gasteiger partial charge in [-0.2, -0.15) is 0 Å². The molecule has 0 aliphatic carbocycles. The average molecular weight is 733 g/mol. The molecule has 0 amide bonds. The maximum Gasteiger partial charge on any atom is -0.00921 e. The molecule has 12 aromatic carbocycles. The van der Waals surface area contributed by atoms with Crippen molar-refractivity contribution in [1.82, 2.24) is 0 Å². The van der Waals surface area contributed by atoms with Crippen molar-refractivity contribution >= 4 is 75.4 Å². The van der Waals surface area contributed by atoms with Crippen LogP contribution < -0.4 is 0 Å². The molecule has 0 saturated carbocycles. The molecule has 0 heteroatoms. The van der Waals surface area contributed by atoms with Gasteiger partial charge < -0.3 is 0 Å². The van der Waals surface area contributed by atoms with Gasteiger partial charge in [-0.1, -0.05) is 170 Å². The lowest BCUT2D eigenvalue weighted by molar-refractivity contribution is 1.65. The largest absolute Gasteiger partial charge is 0.0616 e. The zero-order valence-corrected chi connectivity index (χ0v) is 31.8. The van der Waals surface area contributed by atoms with Crippen molar-refractivity contribution in [2.45, 2.75) is 0 Å². The van der Waals surface area contributed by atoms with Gasteiger partial charge >= 0.3 is 0 Å². The number of benzene rings is 12. The van der Waals surface area contributed by atoms with Gasteiger partial charge in [0.15, 0.2) is 0 Å². The predicted molar refractivity (Wildman–Crippen MR) is 251 cm³/mol. The molecule has 12 aromatic rings. The second kappa shape index (κ2) is 13.0. The zero-order chi connectivity index (χ0) is 38.2. The fourth-order valence-corrected chi connectivity index (χ4v) is 9.34. The summed E-state index contributed by atoms with van der Waals surface area (Å²) in [5.74, 6) is 0. The second-order valence-electron chi connectivity index (χ2n) is 15.7. The van der Waals surface area contributed by atoms with E-state index in [1.54, 1.807) is 0 Å². The Labute approximate surface area is 336 Å². The van der Waals surface area contributed by atoms with E-state index in [4.69, 9.17) is 0 Å². The molecule has 0 spiro atoms. The predicted octanol–water partition coefficient (Wildman–Crippen LogP) is 16.4. The summed E-state index contributed by atoms with van der Waals surface area (Å²) in [7, 11) is 0. The topological polar surface area (TPSA) is 0 Å². The van der Waals surface area contributed by atoms with Gasteiger partial charge in [-0.05, 0) is 168 Å². The average Bonchev–Trinajstić information content (AvgIpc) is 3.30. The van der Waals surface area contributed by atoms with Crippen LogP contribution in [0.15, 0.2) is 218 Å². The molecule has 268 valence electrons. The van der Waals surface area contributed by atoms with Crippen molar-refractivity contribution in [3.63, 3.8) is 0 Å². The lowest BCUT2D eigenvalue weighted by Crippen LogP contribution is -1.90. The Kier molecular flexibility index (Phi) is 7.33. The normalized spacial score (nSPS) is 11.8. The maximum atomic E-state index is 2.45. The van der Waals surface area contributed by atoms with Crippen molar-refractivity contribution in [3.05, 3.63) is 218 Å². The van der Waals surface area contributed by atoms with E-state index >= 15 is 0 Å². The summed E-state index contributed by atoms with van der Waals surface area (Å²) in [5, 5.41) is 17.6. The summed E-state index contributed by atoms with van der Waals surface area (Å²) < 4.78 is 0. The van der Waals surface area contributed by atoms with E-state index in [0.717, 1.165) is 0 Å². The van der Waals surface area contributed by atoms with Gasteiger partial charge in [0.1, 0.15) is 0 Å². The molecule has 58 heavy (non-hydrogen) atoms. The Morgan fingerprint density at radius 1 is 0.155 bits per heavy atom. The number of rotatable bonds is 4. The number of hydrogen-bond acceptors (Lipinski definition) is 0. The van der Waals surface area contributed by atoms with E-state index in [-0.39, 0.29) is 0 Å². The third-order valence-corrected chi connectivity index (χ3v) is 12.4. The molecule has 0 bridgehead atoms. The molecule has 0 atom stereocenters.